The molecule has 0 aliphatic rings. The van der Waals surface area contributed by atoms with Crippen LogP contribution in [-0.2, 0) is 0 Å². The van der Waals surface area contributed by atoms with Gasteiger partial charge in [0.25, 0.3) is 0 Å². The van der Waals surface area contributed by atoms with Gasteiger partial charge in [0.2, 0.25) is 0 Å². The maximum absolute atomic E-state index is 10.4. The lowest BCUT2D eigenvalue weighted by Gasteiger charge is -1.94. The molecule has 1 aromatic heterocycles. The highest BCUT2D eigenvalue weighted by molar-refractivity contribution is 5.70. The van der Waals surface area contributed by atoms with E-state index in [9.17, 15) is 4.79 Å². The summed E-state index contributed by atoms with van der Waals surface area (Å²) < 4.78 is 0. The lowest BCUT2D eigenvalue weighted by atomic mass is 10.1. The number of aromatic amines is 1. The van der Waals surface area contributed by atoms with Gasteiger partial charge in [-0.15, -0.1) is 0 Å². The van der Waals surface area contributed by atoms with Crippen molar-refractivity contribution >= 4 is 6.29 Å². The summed E-state index contributed by atoms with van der Waals surface area (Å²) in [5.41, 5.74) is 2.08. The molecule has 0 amide bonds. The van der Waals surface area contributed by atoms with E-state index in [1.54, 1.807) is 0 Å². The van der Waals surface area contributed by atoms with Crippen LogP contribution in [0.15, 0.2) is 24.3 Å². The molecule has 14 heavy (non-hydrogen) atoms. The molecule has 4 nitrogen and oxygen atoms in total. The van der Waals surface area contributed by atoms with Crippen molar-refractivity contribution in [3.63, 3.8) is 0 Å². The van der Waals surface area contributed by atoms with Gasteiger partial charge in [0.15, 0.2) is 17.9 Å². The molecule has 0 saturated heterocycles. The number of aromatic nitrogens is 3. The van der Waals surface area contributed by atoms with E-state index < -0.39 is 0 Å². The molecule has 1 heterocycles. The van der Waals surface area contributed by atoms with E-state index in [1.165, 1.54) is 5.56 Å². The summed E-state index contributed by atoms with van der Waals surface area (Å²) in [6.45, 7) is 2.01. The standard InChI is InChI=1S/C10H9N3O/c1-7-2-4-8(5-3-7)10-11-9(6-14)12-13-10/h2-6H,1H3,(H,11,12,13). The molecular formula is C10H9N3O. The smallest absolute Gasteiger partial charge is 0.189 e. The van der Waals surface area contributed by atoms with Crippen LogP contribution in [-0.4, -0.2) is 21.5 Å². The summed E-state index contributed by atoms with van der Waals surface area (Å²) in [4.78, 5) is 14.4. The third-order valence-electron chi connectivity index (χ3n) is 1.92. The maximum atomic E-state index is 10.4. The van der Waals surface area contributed by atoms with Crippen LogP contribution >= 0.6 is 0 Å². The number of nitrogens with one attached hydrogen (secondary N) is 1. The number of carbonyl (C=O) groups excluding carboxylic acids is 1. The van der Waals surface area contributed by atoms with Gasteiger partial charge in [0.05, 0.1) is 0 Å². The van der Waals surface area contributed by atoms with E-state index in [0.717, 1.165) is 5.56 Å². The Morgan fingerprint density at radius 2 is 2.00 bits per heavy atom. The average Bonchev–Trinajstić information content (AvgIpc) is 2.67. The van der Waals surface area contributed by atoms with Crippen molar-refractivity contribution in [3.8, 4) is 11.4 Å². The van der Waals surface area contributed by atoms with E-state index >= 15 is 0 Å². The monoisotopic (exact) mass is 187 g/mol. The quantitative estimate of drug-likeness (QED) is 0.726. The van der Waals surface area contributed by atoms with Gasteiger partial charge in [-0.3, -0.25) is 9.89 Å². The predicted octanol–water partition coefficient (Wildman–Crippen LogP) is 1.59. The highest BCUT2D eigenvalue weighted by Crippen LogP contribution is 2.14. The number of aryl methyl sites for hydroxylation is 1. The number of H-pyrrole nitrogens is 1. The van der Waals surface area contributed by atoms with E-state index in [0.29, 0.717) is 12.1 Å². The highest BCUT2D eigenvalue weighted by atomic mass is 16.1. The number of aldehydes is 1. The van der Waals surface area contributed by atoms with Crippen molar-refractivity contribution in [1.82, 2.24) is 15.2 Å². The lowest BCUT2D eigenvalue weighted by Crippen LogP contribution is -1.82. The van der Waals surface area contributed by atoms with E-state index in [2.05, 4.69) is 15.2 Å². The molecule has 0 spiro atoms. The number of nitrogens with zero attached hydrogens (tertiary/aromatic N) is 2. The summed E-state index contributed by atoms with van der Waals surface area (Å²) >= 11 is 0. The fourth-order valence-electron chi connectivity index (χ4n) is 1.16. The fourth-order valence-corrected chi connectivity index (χ4v) is 1.16. The zero-order valence-electron chi connectivity index (χ0n) is 7.69. The van der Waals surface area contributed by atoms with E-state index in [-0.39, 0.29) is 5.82 Å². The largest absolute Gasteiger partial charge is 0.294 e. The Morgan fingerprint density at radius 1 is 1.29 bits per heavy atom. The molecule has 0 aliphatic carbocycles. The molecule has 0 unspecified atom stereocenters. The van der Waals surface area contributed by atoms with Gasteiger partial charge in [-0.1, -0.05) is 29.8 Å². The molecule has 70 valence electrons. The molecule has 4 heteroatoms. The van der Waals surface area contributed by atoms with Crippen LogP contribution in [0.25, 0.3) is 11.4 Å². The normalized spacial score (nSPS) is 10.1. The Morgan fingerprint density at radius 3 is 2.57 bits per heavy atom. The van der Waals surface area contributed by atoms with Crippen LogP contribution in [0.4, 0.5) is 0 Å². The Bertz CT molecular complexity index is 445. The summed E-state index contributed by atoms with van der Waals surface area (Å²) in [5.74, 6) is 0.799. The molecule has 0 atom stereocenters. The minimum atomic E-state index is 0.251. The summed E-state index contributed by atoms with van der Waals surface area (Å²) in [6.07, 6.45) is 0.644. The van der Waals surface area contributed by atoms with E-state index in [4.69, 9.17) is 0 Å². The second kappa shape index (κ2) is 3.41. The topological polar surface area (TPSA) is 58.6 Å². The Balaban J connectivity index is 2.39. The molecule has 0 aliphatic heterocycles. The van der Waals surface area contributed by atoms with Crippen LogP contribution < -0.4 is 0 Å². The number of hydrogen-bond acceptors (Lipinski definition) is 3. The van der Waals surface area contributed by atoms with Crippen LogP contribution in [0.3, 0.4) is 0 Å². The molecule has 0 fully saturated rings. The van der Waals surface area contributed by atoms with Gasteiger partial charge >= 0.3 is 0 Å². The summed E-state index contributed by atoms with van der Waals surface area (Å²) in [6, 6.07) is 7.80. The maximum Gasteiger partial charge on any atom is 0.189 e. The molecule has 0 saturated carbocycles. The van der Waals surface area contributed by atoms with Gasteiger partial charge in [0.1, 0.15) is 0 Å². The van der Waals surface area contributed by atoms with Gasteiger partial charge in [-0.2, -0.15) is 5.10 Å². The molecule has 0 radical (unpaired) electrons. The molecule has 1 aromatic carbocycles. The predicted molar refractivity (Wildman–Crippen MR) is 51.9 cm³/mol. The Labute approximate surface area is 81.0 Å². The van der Waals surface area contributed by atoms with Crippen molar-refractivity contribution in [1.29, 1.82) is 0 Å². The molecule has 2 aromatic rings. The molecule has 2 rings (SSSR count). The lowest BCUT2D eigenvalue weighted by molar-refractivity contribution is 0.111. The van der Waals surface area contributed by atoms with Crippen LogP contribution in [0, 0.1) is 6.92 Å². The molecular weight excluding hydrogens is 178 g/mol. The zero-order valence-corrected chi connectivity index (χ0v) is 7.69. The third-order valence-corrected chi connectivity index (χ3v) is 1.92. The first-order valence-electron chi connectivity index (χ1n) is 4.24. The molecule has 0 bridgehead atoms. The summed E-state index contributed by atoms with van der Waals surface area (Å²) in [5, 5.41) is 6.46. The summed E-state index contributed by atoms with van der Waals surface area (Å²) in [7, 11) is 0. The Kier molecular flexibility index (Phi) is 2.10. The van der Waals surface area contributed by atoms with Crippen LogP contribution in [0.2, 0.25) is 0 Å². The first kappa shape index (κ1) is 8.62. The van der Waals surface area contributed by atoms with Crippen molar-refractivity contribution in [2.24, 2.45) is 0 Å². The first-order valence-corrected chi connectivity index (χ1v) is 4.24. The van der Waals surface area contributed by atoms with Gasteiger partial charge in [-0.25, -0.2) is 4.98 Å². The third kappa shape index (κ3) is 1.54. The number of rotatable bonds is 2. The number of benzene rings is 1. The van der Waals surface area contributed by atoms with Crippen LogP contribution in [0.5, 0.6) is 0 Å². The van der Waals surface area contributed by atoms with Gasteiger partial charge < -0.3 is 0 Å². The first-order chi connectivity index (χ1) is 6.79. The van der Waals surface area contributed by atoms with Crippen molar-refractivity contribution in [2.75, 3.05) is 0 Å². The second-order valence-corrected chi connectivity index (χ2v) is 3.03. The van der Waals surface area contributed by atoms with E-state index in [1.807, 2.05) is 31.2 Å². The van der Waals surface area contributed by atoms with Crippen molar-refractivity contribution in [2.45, 2.75) is 6.92 Å². The van der Waals surface area contributed by atoms with Gasteiger partial charge in [-0.05, 0) is 6.92 Å². The van der Waals surface area contributed by atoms with Crippen LogP contribution in [0.1, 0.15) is 16.2 Å². The minimum absolute atomic E-state index is 0.251. The highest BCUT2D eigenvalue weighted by Gasteiger charge is 2.03. The SMILES string of the molecule is Cc1ccc(-c2n[nH]c(C=O)n2)cc1. The van der Waals surface area contributed by atoms with Gasteiger partial charge in [0, 0.05) is 5.56 Å². The van der Waals surface area contributed by atoms with Crippen molar-refractivity contribution in [3.05, 3.63) is 35.7 Å². The zero-order chi connectivity index (χ0) is 9.97. The molecule has 1 N–H and O–H groups in total. The fraction of sp³-hybridized carbons (Fsp3) is 0.100. The number of carbonyl (C=O) groups is 1. The number of hydrogen-bond donors (Lipinski definition) is 1. The average molecular weight is 187 g/mol. The second-order valence-electron chi connectivity index (χ2n) is 3.03. The Hall–Kier alpha value is -1.97. The van der Waals surface area contributed by atoms with Crippen molar-refractivity contribution < 1.29 is 4.79 Å². The minimum Gasteiger partial charge on any atom is -0.294 e.